The first-order valence-electron chi connectivity index (χ1n) is 6.61. The smallest absolute Gasteiger partial charge is 0.0595 e. The molecular weight excluding hydrogens is 289 g/mol. The molecule has 1 aliphatic carbocycles. The van der Waals surface area contributed by atoms with Gasteiger partial charge < -0.3 is 5.73 Å². The van der Waals surface area contributed by atoms with Crippen LogP contribution in [0.4, 0.5) is 0 Å². The summed E-state index contributed by atoms with van der Waals surface area (Å²) in [5, 5.41) is 1.19. The molecule has 3 rings (SSSR count). The van der Waals surface area contributed by atoms with E-state index in [4.69, 9.17) is 28.9 Å². The molecule has 0 bridgehead atoms. The largest absolute Gasteiger partial charge is 0.405 e. The van der Waals surface area contributed by atoms with Crippen LogP contribution in [0.25, 0.3) is 0 Å². The highest BCUT2D eigenvalue weighted by Gasteiger charge is 2.24. The zero-order valence-corrected chi connectivity index (χ0v) is 12.5. The van der Waals surface area contributed by atoms with Gasteiger partial charge in [0.25, 0.3) is 0 Å². The maximum atomic E-state index is 6.16. The number of allylic oxidation sites excluding steroid dienone is 1. The van der Waals surface area contributed by atoms with E-state index in [1.165, 1.54) is 22.3 Å². The minimum atomic E-state index is 0.296. The van der Waals surface area contributed by atoms with Crippen molar-refractivity contribution in [3.8, 4) is 0 Å². The van der Waals surface area contributed by atoms with Crippen LogP contribution >= 0.6 is 23.2 Å². The summed E-state index contributed by atoms with van der Waals surface area (Å²) in [5.74, 6) is 0.296. The summed E-state index contributed by atoms with van der Waals surface area (Å²) in [5.41, 5.74) is 10.9. The topological polar surface area (TPSA) is 26.0 Å². The number of hydrogen-bond acceptors (Lipinski definition) is 1. The second-order valence-electron chi connectivity index (χ2n) is 5.13. The van der Waals surface area contributed by atoms with Crippen LogP contribution < -0.4 is 5.73 Å². The molecule has 0 heterocycles. The molecule has 1 aliphatic rings. The average molecular weight is 304 g/mol. The molecular formula is C17H15Cl2N. The Morgan fingerprint density at radius 1 is 1.05 bits per heavy atom. The van der Waals surface area contributed by atoms with E-state index in [0.717, 1.165) is 12.8 Å². The van der Waals surface area contributed by atoms with Crippen molar-refractivity contribution in [3.05, 3.63) is 81.0 Å². The fraction of sp³-hybridized carbons (Fsp3) is 0.176. The van der Waals surface area contributed by atoms with Crippen LogP contribution in [0.1, 0.15) is 29.0 Å². The lowest BCUT2D eigenvalue weighted by atomic mass is 9.77. The monoisotopic (exact) mass is 303 g/mol. The molecule has 1 nitrogen and oxygen atoms in total. The molecule has 1 atom stereocenters. The lowest BCUT2D eigenvalue weighted by Gasteiger charge is -2.28. The van der Waals surface area contributed by atoms with E-state index in [-0.39, 0.29) is 0 Å². The molecule has 0 spiro atoms. The third-order valence-electron chi connectivity index (χ3n) is 3.90. The first-order valence-corrected chi connectivity index (χ1v) is 7.37. The van der Waals surface area contributed by atoms with Gasteiger partial charge in [0.1, 0.15) is 0 Å². The quantitative estimate of drug-likeness (QED) is 0.795. The summed E-state index contributed by atoms with van der Waals surface area (Å²) in [6, 6.07) is 14.4. The average Bonchev–Trinajstić information content (AvgIpc) is 2.49. The molecule has 0 saturated carbocycles. The van der Waals surface area contributed by atoms with Crippen molar-refractivity contribution >= 4 is 23.2 Å². The summed E-state index contributed by atoms with van der Waals surface area (Å²) >= 11 is 12.2. The maximum Gasteiger partial charge on any atom is 0.0595 e. The Morgan fingerprint density at radius 3 is 2.60 bits per heavy atom. The van der Waals surface area contributed by atoms with Gasteiger partial charge in [0.05, 0.1) is 10.0 Å². The first kappa shape index (κ1) is 13.5. The van der Waals surface area contributed by atoms with Crippen LogP contribution in [-0.2, 0) is 6.42 Å². The van der Waals surface area contributed by atoms with Gasteiger partial charge in [-0.15, -0.1) is 0 Å². The third-order valence-corrected chi connectivity index (χ3v) is 4.64. The molecule has 3 heteroatoms. The zero-order chi connectivity index (χ0) is 14.1. The number of nitrogens with two attached hydrogens (primary N) is 1. The molecule has 20 heavy (non-hydrogen) atoms. The van der Waals surface area contributed by atoms with E-state index in [0.29, 0.717) is 16.0 Å². The van der Waals surface area contributed by atoms with Gasteiger partial charge in [-0.1, -0.05) is 53.5 Å². The maximum absolute atomic E-state index is 6.16. The minimum absolute atomic E-state index is 0.296. The van der Waals surface area contributed by atoms with Crippen LogP contribution in [0.15, 0.2) is 54.2 Å². The fourth-order valence-corrected chi connectivity index (χ4v) is 3.18. The Morgan fingerprint density at radius 2 is 1.85 bits per heavy atom. The molecule has 2 N–H and O–H groups in total. The second-order valence-corrected chi connectivity index (χ2v) is 5.95. The van der Waals surface area contributed by atoms with Crippen molar-refractivity contribution in [2.45, 2.75) is 18.8 Å². The molecule has 0 unspecified atom stereocenters. The first-order chi connectivity index (χ1) is 9.69. The highest BCUT2D eigenvalue weighted by Crippen LogP contribution is 2.40. The van der Waals surface area contributed by atoms with Gasteiger partial charge >= 0.3 is 0 Å². The van der Waals surface area contributed by atoms with E-state index >= 15 is 0 Å². The van der Waals surface area contributed by atoms with E-state index in [1.54, 1.807) is 6.20 Å². The number of halogens is 2. The Bertz CT molecular complexity index is 676. The van der Waals surface area contributed by atoms with Crippen LogP contribution in [0.2, 0.25) is 10.0 Å². The number of hydrogen-bond donors (Lipinski definition) is 1. The Balaban J connectivity index is 2.10. The summed E-state index contributed by atoms with van der Waals surface area (Å²) in [4.78, 5) is 0. The second kappa shape index (κ2) is 5.51. The minimum Gasteiger partial charge on any atom is -0.405 e. The van der Waals surface area contributed by atoms with Crippen molar-refractivity contribution < 1.29 is 0 Å². The summed E-state index contributed by atoms with van der Waals surface area (Å²) < 4.78 is 0. The number of benzene rings is 2. The normalized spacial score (nSPS) is 19.9. The molecule has 0 aliphatic heterocycles. The SMILES string of the molecule is N/C=C1/Cc2ccccc2[C@@H](c2ccc(Cl)c(Cl)c2)C1. The van der Waals surface area contributed by atoms with Crippen LogP contribution in [-0.4, -0.2) is 0 Å². The van der Waals surface area contributed by atoms with Crippen LogP contribution in [0.5, 0.6) is 0 Å². The molecule has 0 saturated heterocycles. The standard InChI is InChI=1S/C17H15Cl2N/c18-16-6-5-13(9-17(16)19)15-8-11(10-20)7-12-3-1-2-4-14(12)15/h1-6,9-10,15H,7-8,20H2/b11-10-/t15-/m1/s1. The Kier molecular flexibility index (Phi) is 3.73. The van der Waals surface area contributed by atoms with Gasteiger partial charge in [-0.3, -0.25) is 0 Å². The summed E-state index contributed by atoms with van der Waals surface area (Å²) in [6.45, 7) is 0. The molecule has 102 valence electrons. The summed E-state index contributed by atoms with van der Waals surface area (Å²) in [7, 11) is 0. The van der Waals surface area contributed by atoms with Gasteiger partial charge in [0.15, 0.2) is 0 Å². The molecule has 0 radical (unpaired) electrons. The third kappa shape index (κ3) is 2.44. The van der Waals surface area contributed by atoms with E-state index < -0.39 is 0 Å². The fourth-order valence-electron chi connectivity index (χ4n) is 2.88. The summed E-state index contributed by atoms with van der Waals surface area (Å²) in [6.07, 6.45) is 3.61. The predicted octanol–water partition coefficient (Wildman–Crippen LogP) is 4.91. The van der Waals surface area contributed by atoms with Crippen molar-refractivity contribution in [2.24, 2.45) is 5.73 Å². The van der Waals surface area contributed by atoms with Crippen molar-refractivity contribution in [3.63, 3.8) is 0 Å². The molecule has 0 amide bonds. The van der Waals surface area contributed by atoms with Gasteiger partial charge in [0, 0.05) is 5.92 Å². The van der Waals surface area contributed by atoms with E-state index in [1.807, 2.05) is 12.1 Å². The molecule has 2 aromatic carbocycles. The van der Waals surface area contributed by atoms with Crippen molar-refractivity contribution in [2.75, 3.05) is 0 Å². The van der Waals surface area contributed by atoms with Crippen LogP contribution in [0.3, 0.4) is 0 Å². The van der Waals surface area contributed by atoms with E-state index in [2.05, 4.69) is 30.3 Å². The van der Waals surface area contributed by atoms with Crippen molar-refractivity contribution in [1.29, 1.82) is 0 Å². The van der Waals surface area contributed by atoms with Gasteiger partial charge in [-0.25, -0.2) is 0 Å². The van der Waals surface area contributed by atoms with Crippen molar-refractivity contribution in [1.82, 2.24) is 0 Å². The lowest BCUT2D eigenvalue weighted by molar-refractivity contribution is 0.728. The zero-order valence-electron chi connectivity index (χ0n) is 10.9. The molecule has 0 fully saturated rings. The lowest BCUT2D eigenvalue weighted by Crippen LogP contribution is -2.14. The van der Waals surface area contributed by atoms with Crippen LogP contribution in [0, 0.1) is 0 Å². The highest BCUT2D eigenvalue weighted by molar-refractivity contribution is 6.42. The van der Waals surface area contributed by atoms with Gasteiger partial charge in [-0.2, -0.15) is 0 Å². The Hall–Kier alpha value is -1.44. The molecule has 0 aromatic heterocycles. The van der Waals surface area contributed by atoms with E-state index in [9.17, 15) is 0 Å². The number of rotatable bonds is 1. The number of fused-ring (bicyclic) bond motifs is 1. The Labute approximate surface area is 129 Å². The molecule has 2 aromatic rings. The van der Waals surface area contributed by atoms with Gasteiger partial charge in [-0.05, 0) is 53.4 Å². The highest BCUT2D eigenvalue weighted by atomic mass is 35.5. The van der Waals surface area contributed by atoms with Gasteiger partial charge in [0.2, 0.25) is 0 Å². The predicted molar refractivity (Wildman–Crippen MR) is 85.3 cm³/mol.